The number of hydrogen-bond acceptors (Lipinski definition) is 5. The van der Waals surface area contributed by atoms with E-state index >= 15 is 0 Å². The number of hydrogen-bond donors (Lipinski definition) is 2. The van der Waals surface area contributed by atoms with Crippen molar-refractivity contribution in [1.82, 2.24) is 25.3 Å². The van der Waals surface area contributed by atoms with E-state index in [1.165, 1.54) is 0 Å². The summed E-state index contributed by atoms with van der Waals surface area (Å²) in [5.41, 5.74) is 1.33. The van der Waals surface area contributed by atoms with Crippen molar-refractivity contribution < 1.29 is 4.79 Å². The maximum atomic E-state index is 12.3. The van der Waals surface area contributed by atoms with E-state index in [-0.39, 0.29) is 17.1 Å². The monoisotopic (exact) mass is 320 g/mol. The van der Waals surface area contributed by atoms with Gasteiger partial charge in [0.2, 0.25) is 11.2 Å². The van der Waals surface area contributed by atoms with Gasteiger partial charge in [0.1, 0.15) is 5.52 Å². The first-order chi connectivity index (χ1) is 10.7. The molecule has 2 fully saturated rings. The quantitative estimate of drug-likeness (QED) is 0.837. The Kier molecular flexibility index (Phi) is 3.37. The molecule has 2 N–H and O–H groups in total. The van der Waals surface area contributed by atoms with Crippen molar-refractivity contribution in [2.24, 2.45) is 5.92 Å². The highest BCUT2D eigenvalue weighted by Gasteiger charge is 2.31. The largest absolute Gasteiger partial charge is 0.354 e. The van der Waals surface area contributed by atoms with E-state index in [9.17, 15) is 4.79 Å². The van der Waals surface area contributed by atoms with Crippen LogP contribution in [0.5, 0.6) is 0 Å². The van der Waals surface area contributed by atoms with Crippen molar-refractivity contribution in [1.29, 1.82) is 0 Å². The highest BCUT2D eigenvalue weighted by molar-refractivity contribution is 6.28. The summed E-state index contributed by atoms with van der Waals surface area (Å²) >= 11 is 5.99. The van der Waals surface area contributed by atoms with Crippen molar-refractivity contribution in [3.63, 3.8) is 0 Å². The smallest absolute Gasteiger partial charge is 0.226 e. The lowest BCUT2D eigenvalue weighted by molar-refractivity contribution is -0.125. The Morgan fingerprint density at radius 3 is 3.05 bits per heavy atom. The highest BCUT2D eigenvalue weighted by Crippen LogP contribution is 2.28. The molecule has 0 aromatic carbocycles. The summed E-state index contributed by atoms with van der Waals surface area (Å²) in [6.45, 7) is 1.51. The maximum absolute atomic E-state index is 12.3. The van der Waals surface area contributed by atoms with Crippen molar-refractivity contribution in [2.45, 2.75) is 31.7 Å². The van der Waals surface area contributed by atoms with Crippen molar-refractivity contribution in [3.05, 3.63) is 11.6 Å². The van der Waals surface area contributed by atoms with Crippen molar-refractivity contribution in [3.8, 4) is 0 Å². The van der Waals surface area contributed by atoms with Gasteiger partial charge in [-0.2, -0.15) is 9.97 Å². The van der Waals surface area contributed by atoms with Crippen molar-refractivity contribution >= 4 is 34.5 Å². The molecule has 116 valence electrons. The molecule has 1 aliphatic carbocycles. The Labute approximate surface area is 132 Å². The molecule has 0 bridgehead atoms. The van der Waals surface area contributed by atoms with Crippen LogP contribution in [0.15, 0.2) is 6.33 Å². The first kappa shape index (κ1) is 13.8. The minimum absolute atomic E-state index is 0.000984. The fourth-order valence-electron chi connectivity index (χ4n) is 2.95. The molecule has 22 heavy (non-hydrogen) atoms. The van der Waals surface area contributed by atoms with Crippen molar-refractivity contribution in [2.75, 3.05) is 18.0 Å². The number of halogens is 1. The Balaban J connectivity index is 1.58. The second-order valence-corrected chi connectivity index (χ2v) is 6.32. The fraction of sp³-hybridized carbons (Fsp3) is 0.571. The predicted octanol–water partition coefficient (Wildman–Crippen LogP) is 1.50. The van der Waals surface area contributed by atoms with Gasteiger partial charge in [0, 0.05) is 19.1 Å². The number of H-pyrrole nitrogens is 1. The van der Waals surface area contributed by atoms with E-state index in [4.69, 9.17) is 11.6 Å². The molecule has 2 aliphatic rings. The molecule has 1 aliphatic heterocycles. The van der Waals surface area contributed by atoms with Gasteiger partial charge in [0.25, 0.3) is 0 Å². The summed E-state index contributed by atoms with van der Waals surface area (Å²) in [7, 11) is 0. The third-order valence-electron chi connectivity index (χ3n) is 4.25. The zero-order valence-corrected chi connectivity index (χ0v) is 12.8. The Bertz CT molecular complexity index is 712. The molecule has 0 unspecified atom stereocenters. The van der Waals surface area contributed by atoms with Gasteiger partial charge in [-0.3, -0.25) is 4.79 Å². The lowest BCUT2D eigenvalue weighted by atomic mass is 9.97. The number of carbonyl (C=O) groups excluding carboxylic acids is 1. The molecule has 4 rings (SSSR count). The molecule has 1 saturated carbocycles. The van der Waals surface area contributed by atoms with Gasteiger partial charge in [-0.1, -0.05) is 0 Å². The average Bonchev–Trinajstić information content (AvgIpc) is 3.21. The molecule has 8 heteroatoms. The van der Waals surface area contributed by atoms with E-state index in [0.29, 0.717) is 18.2 Å². The number of piperidine rings is 1. The van der Waals surface area contributed by atoms with Crippen LogP contribution in [-0.2, 0) is 4.79 Å². The molecule has 0 spiro atoms. The summed E-state index contributed by atoms with van der Waals surface area (Å²) in [4.78, 5) is 30.0. The third kappa shape index (κ3) is 2.61. The Morgan fingerprint density at radius 1 is 1.36 bits per heavy atom. The number of rotatable bonds is 3. The number of carbonyl (C=O) groups is 1. The summed E-state index contributed by atoms with van der Waals surface area (Å²) in [5, 5.41) is 3.27. The van der Waals surface area contributed by atoms with Crippen LogP contribution in [0.1, 0.15) is 25.7 Å². The van der Waals surface area contributed by atoms with Crippen LogP contribution in [0.2, 0.25) is 5.28 Å². The molecular formula is C14H17ClN6O. The lowest BCUT2D eigenvalue weighted by Crippen LogP contribution is -2.44. The molecule has 1 atom stereocenters. The fourth-order valence-corrected chi connectivity index (χ4v) is 3.11. The van der Waals surface area contributed by atoms with Crippen LogP contribution in [-0.4, -0.2) is 45.0 Å². The predicted molar refractivity (Wildman–Crippen MR) is 82.8 cm³/mol. The number of amides is 1. The number of nitrogens with one attached hydrogen (secondary N) is 2. The van der Waals surface area contributed by atoms with Gasteiger partial charge in [0.15, 0.2) is 11.5 Å². The van der Waals surface area contributed by atoms with Gasteiger partial charge in [0.05, 0.1) is 12.2 Å². The number of aromatic nitrogens is 4. The summed E-state index contributed by atoms with van der Waals surface area (Å²) in [6, 6.07) is 0.399. The van der Waals surface area contributed by atoms with Crippen LogP contribution >= 0.6 is 11.6 Å². The lowest BCUT2D eigenvalue weighted by Gasteiger charge is -2.33. The van der Waals surface area contributed by atoms with E-state index in [1.807, 2.05) is 0 Å². The second kappa shape index (κ2) is 5.39. The molecule has 1 amide bonds. The maximum Gasteiger partial charge on any atom is 0.226 e. The van der Waals surface area contributed by atoms with Crippen LogP contribution in [0.4, 0.5) is 5.82 Å². The Hall–Kier alpha value is -1.89. The zero-order chi connectivity index (χ0) is 15.1. The number of nitrogens with zero attached hydrogens (tertiary/aromatic N) is 4. The Morgan fingerprint density at radius 2 is 2.23 bits per heavy atom. The zero-order valence-electron chi connectivity index (χ0n) is 12.0. The van der Waals surface area contributed by atoms with E-state index < -0.39 is 0 Å². The molecule has 1 saturated heterocycles. The first-order valence-corrected chi connectivity index (χ1v) is 8.00. The molecule has 0 radical (unpaired) electrons. The van der Waals surface area contributed by atoms with E-state index in [2.05, 4.69) is 30.2 Å². The summed E-state index contributed by atoms with van der Waals surface area (Å²) < 4.78 is 0. The molecule has 2 aromatic heterocycles. The van der Waals surface area contributed by atoms with Crippen LogP contribution in [0.3, 0.4) is 0 Å². The van der Waals surface area contributed by atoms with Gasteiger partial charge in [-0.25, -0.2) is 4.98 Å². The first-order valence-electron chi connectivity index (χ1n) is 7.62. The van der Waals surface area contributed by atoms with Gasteiger partial charge in [-0.05, 0) is 37.3 Å². The van der Waals surface area contributed by atoms with Crippen LogP contribution in [0, 0.1) is 5.92 Å². The van der Waals surface area contributed by atoms with E-state index in [0.717, 1.165) is 43.6 Å². The highest BCUT2D eigenvalue weighted by atomic mass is 35.5. The van der Waals surface area contributed by atoms with Gasteiger partial charge >= 0.3 is 0 Å². The molecule has 2 aromatic rings. The minimum Gasteiger partial charge on any atom is -0.354 e. The number of imidazole rings is 1. The average molecular weight is 321 g/mol. The standard InChI is InChI=1S/C14H17ClN6O/c15-14-19-11-10(16-7-17-11)12(20-14)21-5-1-2-8(6-21)13(22)18-9-3-4-9/h7-9H,1-6H2,(H,18,22)(H,16,17,19,20)/t8-/m0/s1. The summed E-state index contributed by atoms with van der Waals surface area (Å²) in [5.74, 6) is 0.894. The SMILES string of the molecule is O=C(NC1CC1)[C@H]1CCCN(c2nc(Cl)nc3nc[nH]c23)C1. The van der Waals surface area contributed by atoms with Crippen LogP contribution < -0.4 is 10.2 Å². The number of fused-ring (bicyclic) bond motifs is 1. The van der Waals surface area contributed by atoms with Crippen LogP contribution in [0.25, 0.3) is 11.2 Å². The summed E-state index contributed by atoms with van der Waals surface area (Å²) in [6.07, 6.45) is 5.68. The second-order valence-electron chi connectivity index (χ2n) is 5.99. The minimum atomic E-state index is 0.000984. The van der Waals surface area contributed by atoms with Gasteiger partial charge in [-0.15, -0.1) is 0 Å². The third-order valence-corrected chi connectivity index (χ3v) is 4.42. The molecule has 3 heterocycles. The number of aromatic amines is 1. The van der Waals surface area contributed by atoms with Gasteiger partial charge < -0.3 is 15.2 Å². The molecular weight excluding hydrogens is 304 g/mol. The normalized spacial score (nSPS) is 22.0. The molecule has 7 nitrogen and oxygen atoms in total. The van der Waals surface area contributed by atoms with E-state index in [1.54, 1.807) is 6.33 Å². The number of anilines is 1. The topological polar surface area (TPSA) is 86.8 Å².